The monoisotopic (exact) mass is 323 g/mol. The highest BCUT2D eigenvalue weighted by molar-refractivity contribution is 9.10. The minimum Gasteiger partial charge on any atom is -0.495 e. The molecule has 100 valence electrons. The maximum absolute atomic E-state index is 10.4. The van der Waals surface area contributed by atoms with E-state index < -0.39 is 6.10 Å². The van der Waals surface area contributed by atoms with Crippen molar-refractivity contribution in [1.82, 2.24) is 4.98 Å². The first-order chi connectivity index (χ1) is 9.19. The molecule has 0 spiro atoms. The van der Waals surface area contributed by atoms with Crippen LogP contribution in [0, 0.1) is 0 Å². The Hall–Kier alpha value is -1.59. The molecule has 2 rings (SSSR count). The fourth-order valence-corrected chi connectivity index (χ4v) is 2.54. The van der Waals surface area contributed by atoms with Gasteiger partial charge in [-0.3, -0.25) is 4.98 Å². The van der Waals surface area contributed by atoms with Gasteiger partial charge in [-0.2, -0.15) is 0 Å². The summed E-state index contributed by atoms with van der Waals surface area (Å²) < 4.78 is 11.3. The Bertz CT molecular complexity index is 560. The predicted molar refractivity (Wildman–Crippen MR) is 75.5 cm³/mol. The molecular weight excluding hydrogens is 310 g/mol. The van der Waals surface area contributed by atoms with E-state index in [2.05, 4.69) is 20.9 Å². The van der Waals surface area contributed by atoms with Gasteiger partial charge in [-0.05, 0) is 45.8 Å². The summed E-state index contributed by atoms with van der Waals surface area (Å²) in [4.78, 5) is 3.94. The standard InChI is InChI=1S/C14H14BrNO3/c1-18-11-4-3-10(14(19-2)12(11)15)13(17)9-5-7-16-8-6-9/h3-8,13,17H,1-2H3. The topological polar surface area (TPSA) is 51.6 Å². The van der Waals surface area contributed by atoms with Crippen molar-refractivity contribution < 1.29 is 14.6 Å². The predicted octanol–water partition coefficient (Wildman–Crippen LogP) is 2.94. The zero-order valence-electron chi connectivity index (χ0n) is 10.6. The number of pyridine rings is 1. The molecule has 0 amide bonds. The van der Waals surface area contributed by atoms with E-state index in [4.69, 9.17) is 9.47 Å². The number of aliphatic hydroxyl groups excluding tert-OH is 1. The number of rotatable bonds is 4. The summed E-state index contributed by atoms with van der Waals surface area (Å²) in [6.45, 7) is 0. The Morgan fingerprint density at radius 2 is 1.79 bits per heavy atom. The highest BCUT2D eigenvalue weighted by Crippen LogP contribution is 2.41. The van der Waals surface area contributed by atoms with E-state index in [0.29, 0.717) is 21.5 Å². The average molecular weight is 324 g/mol. The Kier molecular flexibility index (Phi) is 4.39. The molecule has 5 heteroatoms. The molecule has 0 saturated heterocycles. The van der Waals surface area contributed by atoms with Crippen molar-refractivity contribution in [2.75, 3.05) is 14.2 Å². The van der Waals surface area contributed by atoms with Crippen LogP contribution >= 0.6 is 15.9 Å². The zero-order valence-corrected chi connectivity index (χ0v) is 12.2. The molecule has 1 aromatic heterocycles. The molecule has 1 atom stereocenters. The average Bonchev–Trinajstić information content (AvgIpc) is 2.47. The normalized spacial score (nSPS) is 12.0. The van der Waals surface area contributed by atoms with Crippen molar-refractivity contribution in [3.8, 4) is 11.5 Å². The maximum atomic E-state index is 10.4. The van der Waals surface area contributed by atoms with Crippen LogP contribution in [0.3, 0.4) is 0 Å². The SMILES string of the molecule is COc1ccc(C(O)c2ccncc2)c(OC)c1Br. The van der Waals surface area contributed by atoms with Gasteiger partial charge in [0, 0.05) is 18.0 Å². The largest absolute Gasteiger partial charge is 0.495 e. The number of aliphatic hydroxyl groups is 1. The van der Waals surface area contributed by atoms with Crippen LogP contribution in [0.4, 0.5) is 0 Å². The van der Waals surface area contributed by atoms with E-state index in [-0.39, 0.29) is 0 Å². The summed E-state index contributed by atoms with van der Waals surface area (Å²) in [5.41, 5.74) is 1.42. The fourth-order valence-electron chi connectivity index (χ4n) is 1.86. The molecule has 19 heavy (non-hydrogen) atoms. The second-order valence-corrected chi connectivity index (χ2v) is 4.68. The molecule has 2 aromatic rings. The maximum Gasteiger partial charge on any atom is 0.142 e. The highest BCUT2D eigenvalue weighted by Gasteiger charge is 2.19. The molecule has 0 aliphatic heterocycles. The number of nitrogens with zero attached hydrogens (tertiary/aromatic N) is 1. The summed E-state index contributed by atoms with van der Waals surface area (Å²) in [7, 11) is 3.14. The summed E-state index contributed by atoms with van der Waals surface area (Å²) in [5.74, 6) is 1.21. The van der Waals surface area contributed by atoms with Gasteiger partial charge < -0.3 is 14.6 Å². The van der Waals surface area contributed by atoms with Crippen LogP contribution in [0.5, 0.6) is 11.5 Å². The second-order valence-electron chi connectivity index (χ2n) is 3.89. The zero-order chi connectivity index (χ0) is 13.8. The molecule has 1 N–H and O–H groups in total. The lowest BCUT2D eigenvalue weighted by atomic mass is 10.0. The van der Waals surface area contributed by atoms with Gasteiger partial charge in [-0.25, -0.2) is 0 Å². The van der Waals surface area contributed by atoms with Crippen LogP contribution < -0.4 is 9.47 Å². The third-order valence-electron chi connectivity index (χ3n) is 2.83. The molecule has 4 nitrogen and oxygen atoms in total. The van der Waals surface area contributed by atoms with Crippen molar-refractivity contribution in [2.24, 2.45) is 0 Å². The van der Waals surface area contributed by atoms with Crippen molar-refractivity contribution in [1.29, 1.82) is 0 Å². The summed E-state index contributed by atoms with van der Waals surface area (Å²) >= 11 is 3.42. The van der Waals surface area contributed by atoms with Gasteiger partial charge in [0.15, 0.2) is 0 Å². The van der Waals surface area contributed by atoms with Crippen LogP contribution in [0.25, 0.3) is 0 Å². The molecule has 0 bridgehead atoms. The third-order valence-corrected chi connectivity index (χ3v) is 3.58. The third kappa shape index (κ3) is 2.72. The lowest BCUT2D eigenvalue weighted by Crippen LogP contribution is -2.03. The Balaban J connectivity index is 2.48. The fraction of sp³-hybridized carbons (Fsp3) is 0.214. The lowest BCUT2D eigenvalue weighted by molar-refractivity contribution is 0.214. The first kappa shape index (κ1) is 13.8. The summed E-state index contributed by atoms with van der Waals surface area (Å²) in [6.07, 6.45) is 2.51. The van der Waals surface area contributed by atoms with Crippen LogP contribution in [-0.2, 0) is 0 Å². The van der Waals surface area contributed by atoms with Gasteiger partial charge in [0.1, 0.15) is 22.1 Å². The molecule has 0 aliphatic rings. The van der Waals surface area contributed by atoms with E-state index in [0.717, 1.165) is 5.56 Å². The Labute approximate surface area is 120 Å². The van der Waals surface area contributed by atoms with Crippen molar-refractivity contribution in [2.45, 2.75) is 6.10 Å². The van der Waals surface area contributed by atoms with Crippen molar-refractivity contribution in [3.05, 3.63) is 52.3 Å². The van der Waals surface area contributed by atoms with Crippen molar-refractivity contribution in [3.63, 3.8) is 0 Å². The number of methoxy groups -OCH3 is 2. The minimum atomic E-state index is -0.778. The van der Waals surface area contributed by atoms with Gasteiger partial charge in [0.05, 0.1) is 14.2 Å². The van der Waals surface area contributed by atoms with Gasteiger partial charge in [0.2, 0.25) is 0 Å². The van der Waals surface area contributed by atoms with Crippen LogP contribution in [0.1, 0.15) is 17.2 Å². The second kappa shape index (κ2) is 6.04. The lowest BCUT2D eigenvalue weighted by Gasteiger charge is -2.17. The number of ether oxygens (including phenoxy) is 2. The van der Waals surface area contributed by atoms with E-state index in [1.54, 1.807) is 50.9 Å². The van der Waals surface area contributed by atoms with Gasteiger partial charge in [-0.1, -0.05) is 0 Å². The quantitative estimate of drug-likeness (QED) is 0.939. The molecule has 0 aliphatic carbocycles. The number of benzene rings is 1. The summed E-state index contributed by atoms with van der Waals surface area (Å²) in [5, 5.41) is 10.4. The van der Waals surface area contributed by atoms with Crippen LogP contribution in [-0.4, -0.2) is 24.3 Å². The molecular formula is C14H14BrNO3. The molecule has 0 radical (unpaired) electrons. The van der Waals surface area contributed by atoms with Gasteiger partial charge in [-0.15, -0.1) is 0 Å². The smallest absolute Gasteiger partial charge is 0.142 e. The first-order valence-corrected chi connectivity index (χ1v) is 6.46. The molecule has 1 unspecified atom stereocenters. The first-order valence-electron chi connectivity index (χ1n) is 5.67. The van der Waals surface area contributed by atoms with E-state index >= 15 is 0 Å². The molecule has 1 aromatic carbocycles. The van der Waals surface area contributed by atoms with Crippen LogP contribution in [0.15, 0.2) is 41.1 Å². The highest BCUT2D eigenvalue weighted by atomic mass is 79.9. The molecule has 0 fully saturated rings. The van der Waals surface area contributed by atoms with E-state index in [1.807, 2.05) is 0 Å². The van der Waals surface area contributed by atoms with Gasteiger partial charge >= 0.3 is 0 Å². The number of aromatic nitrogens is 1. The number of hydrogen-bond donors (Lipinski definition) is 1. The molecule has 0 saturated carbocycles. The number of halogens is 1. The van der Waals surface area contributed by atoms with E-state index in [9.17, 15) is 5.11 Å². The molecule has 1 heterocycles. The Morgan fingerprint density at radius 3 is 2.37 bits per heavy atom. The van der Waals surface area contributed by atoms with Crippen LogP contribution in [0.2, 0.25) is 0 Å². The minimum absolute atomic E-state index is 0.559. The summed E-state index contributed by atoms with van der Waals surface area (Å²) in [6, 6.07) is 7.10. The van der Waals surface area contributed by atoms with Gasteiger partial charge in [0.25, 0.3) is 0 Å². The Morgan fingerprint density at radius 1 is 1.11 bits per heavy atom. The van der Waals surface area contributed by atoms with Crippen molar-refractivity contribution >= 4 is 15.9 Å². The number of hydrogen-bond acceptors (Lipinski definition) is 4. The van der Waals surface area contributed by atoms with E-state index in [1.165, 1.54) is 0 Å².